The lowest BCUT2D eigenvalue weighted by molar-refractivity contribution is -0.129. The predicted octanol–water partition coefficient (Wildman–Crippen LogP) is 1.89. The first-order valence-corrected chi connectivity index (χ1v) is 7.30. The molecule has 110 valence electrons. The van der Waals surface area contributed by atoms with Gasteiger partial charge in [0.1, 0.15) is 0 Å². The van der Waals surface area contributed by atoms with Crippen LogP contribution in [0.2, 0.25) is 0 Å². The van der Waals surface area contributed by atoms with Crippen LogP contribution in [0.3, 0.4) is 0 Å². The van der Waals surface area contributed by atoms with Crippen LogP contribution in [0.4, 0.5) is 0 Å². The quantitative estimate of drug-likeness (QED) is 0.807. The van der Waals surface area contributed by atoms with Gasteiger partial charge in [-0.25, -0.2) is 0 Å². The van der Waals surface area contributed by atoms with E-state index in [1.165, 1.54) is 5.56 Å². The predicted molar refractivity (Wildman–Crippen MR) is 79.4 cm³/mol. The van der Waals surface area contributed by atoms with Gasteiger partial charge in [0.25, 0.3) is 0 Å². The molecule has 2 unspecified atom stereocenters. The van der Waals surface area contributed by atoms with Gasteiger partial charge in [0.15, 0.2) is 0 Å². The summed E-state index contributed by atoms with van der Waals surface area (Å²) < 4.78 is 5.07. The molecule has 1 aliphatic heterocycles. The topological polar surface area (TPSA) is 55.6 Å². The number of aryl methyl sites for hydroxylation is 1. The van der Waals surface area contributed by atoms with Crippen LogP contribution in [0.25, 0.3) is 0 Å². The van der Waals surface area contributed by atoms with Crippen molar-refractivity contribution in [1.82, 2.24) is 4.90 Å². The highest BCUT2D eigenvalue weighted by Gasteiger charge is 2.37. The maximum atomic E-state index is 12.1. The lowest BCUT2D eigenvalue weighted by Crippen LogP contribution is -2.34. The maximum Gasteiger partial charge on any atom is 0.224 e. The first-order chi connectivity index (χ1) is 9.67. The normalized spacial score (nSPS) is 22.6. The van der Waals surface area contributed by atoms with Gasteiger partial charge >= 0.3 is 0 Å². The number of hydrogen-bond acceptors (Lipinski definition) is 3. The highest BCUT2D eigenvalue weighted by Crippen LogP contribution is 2.32. The van der Waals surface area contributed by atoms with Gasteiger partial charge < -0.3 is 15.4 Å². The number of benzene rings is 1. The summed E-state index contributed by atoms with van der Waals surface area (Å²) in [5.41, 5.74) is 8.61. The Morgan fingerprint density at radius 3 is 2.65 bits per heavy atom. The SMILES string of the molecule is CCc1ccc(C2C(N)CC(=O)N2CCCOC)cc1. The Kier molecular flexibility index (Phi) is 5.15. The fraction of sp³-hybridized carbons (Fsp3) is 0.562. The van der Waals surface area contributed by atoms with Gasteiger partial charge in [0.05, 0.1) is 6.04 Å². The van der Waals surface area contributed by atoms with E-state index in [1.807, 2.05) is 4.90 Å². The van der Waals surface area contributed by atoms with Crippen molar-refractivity contribution in [1.29, 1.82) is 0 Å². The van der Waals surface area contributed by atoms with Gasteiger partial charge in [-0.3, -0.25) is 4.79 Å². The van der Waals surface area contributed by atoms with E-state index in [2.05, 4.69) is 31.2 Å². The second kappa shape index (κ2) is 6.86. The maximum absolute atomic E-state index is 12.1. The van der Waals surface area contributed by atoms with Crippen molar-refractivity contribution < 1.29 is 9.53 Å². The van der Waals surface area contributed by atoms with Crippen LogP contribution in [-0.4, -0.2) is 37.1 Å². The average molecular weight is 276 g/mol. The molecule has 0 spiro atoms. The number of rotatable bonds is 6. The second-order valence-corrected chi connectivity index (χ2v) is 5.34. The number of amides is 1. The van der Waals surface area contributed by atoms with Crippen molar-refractivity contribution in [2.24, 2.45) is 5.73 Å². The molecule has 1 aliphatic rings. The van der Waals surface area contributed by atoms with Gasteiger partial charge in [0.2, 0.25) is 5.91 Å². The molecule has 20 heavy (non-hydrogen) atoms. The fourth-order valence-electron chi connectivity index (χ4n) is 2.84. The first-order valence-electron chi connectivity index (χ1n) is 7.30. The summed E-state index contributed by atoms with van der Waals surface area (Å²) in [7, 11) is 1.68. The van der Waals surface area contributed by atoms with E-state index < -0.39 is 0 Å². The Bertz CT molecular complexity index is 444. The summed E-state index contributed by atoms with van der Waals surface area (Å²) >= 11 is 0. The summed E-state index contributed by atoms with van der Waals surface area (Å²) in [5.74, 6) is 0.151. The molecular formula is C16H24N2O2. The molecule has 2 N–H and O–H groups in total. The van der Waals surface area contributed by atoms with Crippen molar-refractivity contribution in [3.63, 3.8) is 0 Å². The van der Waals surface area contributed by atoms with E-state index in [1.54, 1.807) is 7.11 Å². The molecule has 1 aromatic carbocycles. The monoisotopic (exact) mass is 276 g/mol. The molecule has 4 nitrogen and oxygen atoms in total. The second-order valence-electron chi connectivity index (χ2n) is 5.34. The third-order valence-corrected chi connectivity index (χ3v) is 3.95. The van der Waals surface area contributed by atoms with Crippen LogP contribution < -0.4 is 5.73 Å². The smallest absolute Gasteiger partial charge is 0.224 e. The van der Waals surface area contributed by atoms with Crippen molar-refractivity contribution in [2.45, 2.75) is 38.3 Å². The molecule has 2 atom stereocenters. The summed E-state index contributed by atoms with van der Waals surface area (Å²) in [6.07, 6.45) is 2.30. The van der Waals surface area contributed by atoms with Crippen LogP contribution in [0.5, 0.6) is 0 Å². The minimum absolute atomic E-state index is 0.00487. The Morgan fingerprint density at radius 2 is 2.05 bits per heavy atom. The Balaban J connectivity index is 2.14. The Hall–Kier alpha value is -1.39. The van der Waals surface area contributed by atoms with E-state index in [-0.39, 0.29) is 18.0 Å². The van der Waals surface area contributed by atoms with Gasteiger partial charge in [0, 0.05) is 32.7 Å². The number of carbonyl (C=O) groups is 1. The highest BCUT2D eigenvalue weighted by atomic mass is 16.5. The molecule has 0 aromatic heterocycles. The minimum atomic E-state index is -0.113. The van der Waals surface area contributed by atoms with E-state index in [0.29, 0.717) is 19.6 Å². The number of likely N-dealkylation sites (tertiary alicyclic amines) is 1. The van der Waals surface area contributed by atoms with Crippen LogP contribution in [-0.2, 0) is 16.0 Å². The molecule has 0 radical (unpaired) electrons. The van der Waals surface area contributed by atoms with Gasteiger partial charge in [-0.1, -0.05) is 31.2 Å². The van der Waals surface area contributed by atoms with Crippen molar-refractivity contribution >= 4 is 5.91 Å². The van der Waals surface area contributed by atoms with Crippen molar-refractivity contribution in [2.75, 3.05) is 20.3 Å². The molecule has 0 saturated carbocycles. The zero-order valence-corrected chi connectivity index (χ0v) is 12.3. The Morgan fingerprint density at radius 1 is 1.35 bits per heavy atom. The lowest BCUT2D eigenvalue weighted by atomic mass is 9.99. The summed E-state index contributed by atoms with van der Waals surface area (Å²) in [4.78, 5) is 14.0. The number of hydrogen-bond donors (Lipinski definition) is 1. The number of carbonyl (C=O) groups excluding carboxylic acids is 1. The van der Waals surface area contributed by atoms with Crippen molar-refractivity contribution in [3.05, 3.63) is 35.4 Å². The van der Waals surface area contributed by atoms with E-state index in [4.69, 9.17) is 10.5 Å². The largest absolute Gasteiger partial charge is 0.385 e. The molecule has 2 rings (SSSR count). The summed E-state index contributed by atoms with van der Waals surface area (Å²) in [6.45, 7) is 3.51. The molecule has 1 fully saturated rings. The summed E-state index contributed by atoms with van der Waals surface area (Å²) in [5, 5.41) is 0. The average Bonchev–Trinajstić information content (AvgIpc) is 2.74. The van der Waals surface area contributed by atoms with Crippen LogP contribution in [0.15, 0.2) is 24.3 Å². The molecule has 1 amide bonds. The van der Waals surface area contributed by atoms with Crippen LogP contribution in [0.1, 0.15) is 36.9 Å². The molecular weight excluding hydrogens is 252 g/mol. The fourth-order valence-corrected chi connectivity index (χ4v) is 2.84. The standard InChI is InChI=1S/C16H24N2O2/c1-3-12-5-7-13(8-6-12)16-14(17)11-15(19)18(16)9-4-10-20-2/h5-8,14,16H,3-4,9-11,17H2,1-2H3. The van der Waals surface area contributed by atoms with Gasteiger partial charge in [-0.2, -0.15) is 0 Å². The molecule has 1 saturated heterocycles. The van der Waals surface area contributed by atoms with Crippen LogP contribution >= 0.6 is 0 Å². The zero-order chi connectivity index (χ0) is 14.5. The molecule has 0 bridgehead atoms. The molecule has 1 heterocycles. The molecule has 0 aliphatic carbocycles. The minimum Gasteiger partial charge on any atom is -0.385 e. The van der Waals surface area contributed by atoms with E-state index in [9.17, 15) is 4.79 Å². The number of nitrogens with zero attached hydrogens (tertiary/aromatic N) is 1. The third-order valence-electron chi connectivity index (χ3n) is 3.95. The zero-order valence-electron chi connectivity index (χ0n) is 12.3. The van der Waals surface area contributed by atoms with E-state index in [0.717, 1.165) is 18.4 Å². The van der Waals surface area contributed by atoms with Crippen LogP contribution in [0, 0.1) is 0 Å². The number of ether oxygens (including phenoxy) is 1. The van der Waals surface area contributed by atoms with E-state index >= 15 is 0 Å². The molecule has 4 heteroatoms. The highest BCUT2D eigenvalue weighted by molar-refractivity contribution is 5.80. The number of methoxy groups -OCH3 is 1. The molecule has 1 aromatic rings. The van der Waals surface area contributed by atoms with Gasteiger partial charge in [-0.15, -0.1) is 0 Å². The Labute approximate surface area is 120 Å². The number of nitrogens with two attached hydrogens (primary N) is 1. The lowest BCUT2D eigenvalue weighted by Gasteiger charge is -2.27. The summed E-state index contributed by atoms with van der Waals surface area (Å²) in [6, 6.07) is 8.34. The van der Waals surface area contributed by atoms with Crippen molar-refractivity contribution in [3.8, 4) is 0 Å². The first kappa shape index (κ1) is 15.0. The van der Waals surface area contributed by atoms with Gasteiger partial charge in [-0.05, 0) is 24.0 Å². The third kappa shape index (κ3) is 3.19.